The van der Waals surface area contributed by atoms with E-state index in [4.69, 9.17) is 9.47 Å². The van der Waals surface area contributed by atoms with Crippen LogP contribution >= 0.6 is 0 Å². The molecule has 0 unspecified atom stereocenters. The second-order valence-corrected chi connectivity index (χ2v) is 6.22. The first kappa shape index (κ1) is 18.1. The largest absolute Gasteiger partial charge is 0.497 e. The Kier molecular flexibility index (Phi) is 5.96. The zero-order valence-electron chi connectivity index (χ0n) is 15.3. The molecule has 1 fully saturated rings. The molecule has 1 heterocycles. The normalized spacial score (nSPS) is 14.8. The van der Waals surface area contributed by atoms with E-state index in [1.165, 1.54) is 0 Å². The first-order valence-corrected chi connectivity index (χ1v) is 8.74. The van der Waals surface area contributed by atoms with Gasteiger partial charge in [0, 0.05) is 37.9 Å². The predicted molar refractivity (Wildman–Crippen MR) is 103 cm³/mol. The molecule has 0 radical (unpaired) electrons. The van der Waals surface area contributed by atoms with Crippen LogP contribution in [-0.2, 0) is 4.79 Å². The maximum absolute atomic E-state index is 12.3. The third kappa shape index (κ3) is 4.46. The van der Waals surface area contributed by atoms with Gasteiger partial charge in [-0.1, -0.05) is 18.2 Å². The fraction of sp³-hybridized carbons (Fsp3) is 0.350. The van der Waals surface area contributed by atoms with Gasteiger partial charge in [0.2, 0.25) is 5.91 Å². The van der Waals surface area contributed by atoms with Crippen molar-refractivity contribution in [2.75, 3.05) is 57.2 Å². The molecule has 6 nitrogen and oxygen atoms in total. The Bertz CT molecular complexity index is 743. The van der Waals surface area contributed by atoms with Crippen LogP contribution in [0.25, 0.3) is 0 Å². The standard InChI is InChI=1S/C20H25N3O3/c1-25-17-7-5-6-16(14-17)21-20(24)15-22-10-12-23(13-11-22)18-8-3-4-9-19(18)26-2/h3-9,14H,10-13,15H2,1-2H3,(H,21,24). The number of hydrogen-bond donors (Lipinski definition) is 1. The fourth-order valence-corrected chi connectivity index (χ4v) is 3.14. The van der Waals surface area contributed by atoms with E-state index in [9.17, 15) is 4.79 Å². The SMILES string of the molecule is COc1cccc(NC(=O)CN2CCN(c3ccccc3OC)CC2)c1. The summed E-state index contributed by atoms with van der Waals surface area (Å²) in [6.07, 6.45) is 0. The zero-order chi connectivity index (χ0) is 18.4. The lowest BCUT2D eigenvalue weighted by molar-refractivity contribution is -0.117. The highest BCUT2D eigenvalue weighted by Gasteiger charge is 2.21. The van der Waals surface area contributed by atoms with Crippen LogP contribution in [0.5, 0.6) is 11.5 Å². The molecule has 1 N–H and O–H groups in total. The summed E-state index contributed by atoms with van der Waals surface area (Å²) >= 11 is 0. The minimum atomic E-state index is -0.0102. The molecule has 0 aromatic heterocycles. The van der Waals surface area contributed by atoms with Crippen molar-refractivity contribution < 1.29 is 14.3 Å². The lowest BCUT2D eigenvalue weighted by Crippen LogP contribution is -2.48. The Balaban J connectivity index is 1.51. The summed E-state index contributed by atoms with van der Waals surface area (Å²) in [6.45, 7) is 3.80. The summed E-state index contributed by atoms with van der Waals surface area (Å²) < 4.78 is 10.6. The number of carbonyl (C=O) groups excluding carboxylic acids is 1. The fourth-order valence-electron chi connectivity index (χ4n) is 3.14. The molecule has 1 aliphatic rings. The maximum atomic E-state index is 12.3. The van der Waals surface area contributed by atoms with Gasteiger partial charge in [-0.3, -0.25) is 9.69 Å². The van der Waals surface area contributed by atoms with E-state index in [0.717, 1.165) is 49.1 Å². The molecule has 0 spiro atoms. The summed E-state index contributed by atoms with van der Waals surface area (Å²) in [5.41, 5.74) is 1.86. The molecule has 26 heavy (non-hydrogen) atoms. The molecule has 1 amide bonds. The van der Waals surface area contributed by atoms with Gasteiger partial charge in [0.1, 0.15) is 11.5 Å². The van der Waals surface area contributed by atoms with Crippen molar-refractivity contribution >= 4 is 17.3 Å². The van der Waals surface area contributed by atoms with Gasteiger partial charge in [-0.25, -0.2) is 0 Å². The van der Waals surface area contributed by atoms with E-state index in [1.54, 1.807) is 14.2 Å². The van der Waals surface area contributed by atoms with Crippen molar-refractivity contribution in [1.82, 2.24) is 4.90 Å². The number of ether oxygens (including phenoxy) is 2. The number of benzene rings is 2. The lowest BCUT2D eigenvalue weighted by Gasteiger charge is -2.36. The van der Waals surface area contributed by atoms with Gasteiger partial charge in [-0.15, -0.1) is 0 Å². The highest BCUT2D eigenvalue weighted by atomic mass is 16.5. The Morgan fingerprint density at radius 2 is 1.77 bits per heavy atom. The van der Waals surface area contributed by atoms with Gasteiger partial charge < -0.3 is 19.7 Å². The first-order chi connectivity index (χ1) is 12.7. The van der Waals surface area contributed by atoms with Crippen molar-refractivity contribution in [3.8, 4) is 11.5 Å². The van der Waals surface area contributed by atoms with Crippen molar-refractivity contribution in [2.24, 2.45) is 0 Å². The smallest absolute Gasteiger partial charge is 0.238 e. The van der Waals surface area contributed by atoms with Crippen LogP contribution in [-0.4, -0.2) is 57.8 Å². The summed E-state index contributed by atoms with van der Waals surface area (Å²) in [5.74, 6) is 1.61. The van der Waals surface area contributed by atoms with Crippen molar-refractivity contribution in [1.29, 1.82) is 0 Å². The first-order valence-electron chi connectivity index (χ1n) is 8.74. The van der Waals surface area contributed by atoms with E-state index < -0.39 is 0 Å². The van der Waals surface area contributed by atoms with Crippen LogP contribution in [0.3, 0.4) is 0 Å². The minimum absolute atomic E-state index is 0.0102. The number of nitrogens with zero attached hydrogens (tertiary/aromatic N) is 2. The van der Waals surface area contributed by atoms with E-state index in [2.05, 4.69) is 21.2 Å². The Hall–Kier alpha value is -2.73. The van der Waals surface area contributed by atoms with Gasteiger partial charge in [0.25, 0.3) is 0 Å². The summed E-state index contributed by atoms with van der Waals surface area (Å²) in [6, 6.07) is 15.4. The molecule has 0 aliphatic carbocycles. The summed E-state index contributed by atoms with van der Waals surface area (Å²) in [7, 11) is 3.31. The number of nitrogens with one attached hydrogen (secondary N) is 1. The molecule has 1 saturated heterocycles. The number of para-hydroxylation sites is 2. The number of carbonyl (C=O) groups is 1. The number of anilines is 2. The average Bonchev–Trinajstić information content (AvgIpc) is 2.68. The highest BCUT2D eigenvalue weighted by Crippen LogP contribution is 2.28. The molecule has 2 aromatic carbocycles. The van der Waals surface area contributed by atoms with E-state index in [-0.39, 0.29) is 5.91 Å². The Morgan fingerprint density at radius 3 is 2.50 bits per heavy atom. The van der Waals surface area contributed by atoms with Gasteiger partial charge in [-0.2, -0.15) is 0 Å². The minimum Gasteiger partial charge on any atom is -0.497 e. The van der Waals surface area contributed by atoms with Gasteiger partial charge in [0.05, 0.1) is 26.5 Å². The monoisotopic (exact) mass is 355 g/mol. The lowest BCUT2D eigenvalue weighted by atomic mass is 10.2. The van der Waals surface area contributed by atoms with Crippen LogP contribution < -0.4 is 19.7 Å². The molecule has 0 saturated carbocycles. The quantitative estimate of drug-likeness (QED) is 0.863. The molecule has 0 atom stereocenters. The molecule has 2 aromatic rings. The Morgan fingerprint density at radius 1 is 1.00 bits per heavy atom. The number of piperazine rings is 1. The van der Waals surface area contributed by atoms with Crippen LogP contribution in [0.1, 0.15) is 0 Å². The van der Waals surface area contributed by atoms with Gasteiger partial charge in [-0.05, 0) is 24.3 Å². The van der Waals surface area contributed by atoms with Crippen molar-refractivity contribution in [3.05, 3.63) is 48.5 Å². The molecular weight excluding hydrogens is 330 g/mol. The molecule has 3 rings (SSSR count). The maximum Gasteiger partial charge on any atom is 0.238 e. The topological polar surface area (TPSA) is 54.0 Å². The predicted octanol–water partition coefficient (Wildman–Crippen LogP) is 2.46. The van der Waals surface area contributed by atoms with Gasteiger partial charge >= 0.3 is 0 Å². The zero-order valence-corrected chi connectivity index (χ0v) is 15.3. The van der Waals surface area contributed by atoms with Crippen LogP contribution in [0.4, 0.5) is 11.4 Å². The number of hydrogen-bond acceptors (Lipinski definition) is 5. The molecule has 1 aliphatic heterocycles. The number of methoxy groups -OCH3 is 2. The number of amides is 1. The van der Waals surface area contributed by atoms with Crippen LogP contribution in [0.15, 0.2) is 48.5 Å². The highest BCUT2D eigenvalue weighted by molar-refractivity contribution is 5.92. The molecule has 0 bridgehead atoms. The van der Waals surface area contributed by atoms with E-state index in [1.807, 2.05) is 42.5 Å². The third-order valence-corrected chi connectivity index (χ3v) is 4.52. The third-order valence-electron chi connectivity index (χ3n) is 4.52. The molecule has 138 valence electrons. The van der Waals surface area contributed by atoms with Gasteiger partial charge in [0.15, 0.2) is 0 Å². The average molecular weight is 355 g/mol. The second-order valence-electron chi connectivity index (χ2n) is 6.22. The molecular formula is C20H25N3O3. The van der Waals surface area contributed by atoms with E-state index >= 15 is 0 Å². The van der Waals surface area contributed by atoms with Crippen LogP contribution in [0, 0.1) is 0 Å². The van der Waals surface area contributed by atoms with E-state index in [0.29, 0.717) is 6.54 Å². The number of rotatable bonds is 6. The van der Waals surface area contributed by atoms with Crippen molar-refractivity contribution in [3.63, 3.8) is 0 Å². The second kappa shape index (κ2) is 8.58. The van der Waals surface area contributed by atoms with Crippen molar-refractivity contribution in [2.45, 2.75) is 0 Å². The van der Waals surface area contributed by atoms with Crippen LogP contribution in [0.2, 0.25) is 0 Å². The summed E-state index contributed by atoms with van der Waals surface area (Å²) in [5, 5.41) is 2.93. The molecule has 6 heteroatoms. The Labute approximate surface area is 154 Å². The summed E-state index contributed by atoms with van der Waals surface area (Å²) in [4.78, 5) is 16.8.